The quantitative estimate of drug-likeness (QED) is 0.724. The van der Waals surface area contributed by atoms with Crippen LogP contribution in [0.5, 0.6) is 0 Å². The molecule has 1 aromatic carbocycles. The minimum atomic E-state index is -0.378. The van der Waals surface area contributed by atoms with E-state index in [2.05, 4.69) is 64.6 Å². The molecule has 0 radical (unpaired) electrons. The number of allylic oxidation sites excluding steroid dienone is 1. The molecule has 1 saturated heterocycles. The number of nitrogens with two attached hydrogens (primary N) is 1. The molecule has 1 aliphatic carbocycles. The van der Waals surface area contributed by atoms with E-state index >= 15 is 0 Å². The van der Waals surface area contributed by atoms with Gasteiger partial charge in [0.15, 0.2) is 0 Å². The number of piperidine rings is 1. The molecule has 158 valence electrons. The minimum Gasteiger partial charge on any atom is -0.344 e. The number of likely N-dealkylation sites (tertiary alicyclic amines) is 1. The summed E-state index contributed by atoms with van der Waals surface area (Å²) in [6.07, 6.45) is 6.44. The van der Waals surface area contributed by atoms with Gasteiger partial charge in [-0.15, -0.1) is 0 Å². The zero-order valence-corrected chi connectivity index (χ0v) is 18.0. The van der Waals surface area contributed by atoms with Crippen LogP contribution in [0.15, 0.2) is 58.3 Å². The van der Waals surface area contributed by atoms with Crippen LogP contribution in [0.2, 0.25) is 0 Å². The maximum atomic E-state index is 6.77. The van der Waals surface area contributed by atoms with E-state index in [4.69, 9.17) is 10.7 Å². The summed E-state index contributed by atoms with van der Waals surface area (Å²) in [5, 5.41) is 7.80. The van der Waals surface area contributed by atoms with Crippen molar-refractivity contribution in [2.24, 2.45) is 21.2 Å². The third kappa shape index (κ3) is 3.10. The molecule has 0 amide bonds. The fraction of sp³-hybridized carbons (Fsp3) is 0.500. The van der Waals surface area contributed by atoms with E-state index < -0.39 is 0 Å². The largest absolute Gasteiger partial charge is 0.344 e. The highest BCUT2D eigenvalue weighted by atomic mass is 15.3. The molecule has 3 heterocycles. The number of hydrazone groups is 1. The Kier molecular flexibility index (Phi) is 4.60. The molecule has 1 fully saturated rings. The lowest BCUT2D eigenvalue weighted by Gasteiger charge is -2.48. The summed E-state index contributed by atoms with van der Waals surface area (Å²) in [6, 6.07) is 8.85. The molecule has 0 saturated carbocycles. The van der Waals surface area contributed by atoms with Crippen molar-refractivity contribution in [2.75, 3.05) is 19.6 Å². The summed E-state index contributed by atoms with van der Waals surface area (Å²) < 4.78 is 0. The molecule has 6 heteroatoms. The summed E-state index contributed by atoms with van der Waals surface area (Å²) in [7, 11) is 0. The number of hydrogen-bond acceptors (Lipinski definition) is 6. The highest BCUT2D eigenvalue weighted by Gasteiger charge is 2.48. The molecule has 1 spiro atoms. The van der Waals surface area contributed by atoms with Gasteiger partial charge < -0.3 is 16.5 Å². The molecular weight excluding hydrogens is 372 g/mol. The Labute approximate surface area is 179 Å². The molecule has 30 heavy (non-hydrogen) atoms. The molecule has 4 N–H and O–H groups in total. The zero-order chi connectivity index (χ0) is 20.9. The van der Waals surface area contributed by atoms with Crippen molar-refractivity contribution < 1.29 is 0 Å². The monoisotopic (exact) mass is 404 g/mol. The highest BCUT2D eigenvalue weighted by Crippen LogP contribution is 2.51. The molecule has 0 aromatic heterocycles. The fourth-order valence-electron chi connectivity index (χ4n) is 5.69. The van der Waals surface area contributed by atoms with Crippen LogP contribution in [-0.4, -0.2) is 41.7 Å². The first kappa shape index (κ1) is 19.5. The van der Waals surface area contributed by atoms with Gasteiger partial charge >= 0.3 is 0 Å². The second-order valence-corrected chi connectivity index (χ2v) is 9.37. The van der Waals surface area contributed by atoms with E-state index in [9.17, 15) is 0 Å². The van der Waals surface area contributed by atoms with Gasteiger partial charge in [0.1, 0.15) is 11.5 Å². The standard InChI is InChI=1S/C24H32N6/c1-16(20-8-11-26-29-20)21-15-23(3,28-17(2)27-21)30-12-9-24(10-13-30)14-18-6-4-5-7-19(18)22(24)25/h4-7,15,22,26H,1,8-14,25H2,2-3H3,(H,27,28)/t22?,23-/m0/s1. The molecule has 5 rings (SSSR count). The van der Waals surface area contributed by atoms with Gasteiger partial charge in [0.05, 0.1) is 5.71 Å². The van der Waals surface area contributed by atoms with Crippen LogP contribution in [0.25, 0.3) is 0 Å². The van der Waals surface area contributed by atoms with E-state index in [0.717, 1.165) is 68.1 Å². The van der Waals surface area contributed by atoms with E-state index in [-0.39, 0.29) is 17.1 Å². The van der Waals surface area contributed by atoms with Crippen LogP contribution in [0.4, 0.5) is 0 Å². The molecule has 6 nitrogen and oxygen atoms in total. The minimum absolute atomic E-state index is 0.140. The maximum Gasteiger partial charge on any atom is 0.133 e. The lowest BCUT2D eigenvalue weighted by atomic mass is 9.72. The first-order valence-corrected chi connectivity index (χ1v) is 11.0. The summed E-state index contributed by atoms with van der Waals surface area (Å²) in [6.45, 7) is 11.4. The van der Waals surface area contributed by atoms with Crippen LogP contribution >= 0.6 is 0 Å². The second-order valence-electron chi connectivity index (χ2n) is 9.37. The van der Waals surface area contributed by atoms with Gasteiger partial charge in [-0.1, -0.05) is 30.8 Å². The predicted molar refractivity (Wildman–Crippen MR) is 122 cm³/mol. The predicted octanol–water partition coefficient (Wildman–Crippen LogP) is 2.85. The van der Waals surface area contributed by atoms with Crippen molar-refractivity contribution in [3.8, 4) is 0 Å². The summed E-state index contributed by atoms with van der Waals surface area (Å²) in [5.41, 5.74) is 15.4. The number of fused-ring (bicyclic) bond motifs is 1. The van der Waals surface area contributed by atoms with E-state index in [1.54, 1.807) is 0 Å². The van der Waals surface area contributed by atoms with Gasteiger partial charge in [-0.05, 0) is 55.7 Å². The van der Waals surface area contributed by atoms with Crippen molar-refractivity contribution in [3.63, 3.8) is 0 Å². The van der Waals surface area contributed by atoms with Crippen molar-refractivity contribution in [2.45, 2.75) is 51.2 Å². The van der Waals surface area contributed by atoms with Crippen molar-refractivity contribution >= 4 is 11.5 Å². The number of nitrogens with one attached hydrogen (secondary N) is 2. The second kappa shape index (κ2) is 7.06. The number of hydrogen-bond donors (Lipinski definition) is 3. The van der Waals surface area contributed by atoms with E-state index in [1.165, 1.54) is 11.1 Å². The average molecular weight is 405 g/mol. The van der Waals surface area contributed by atoms with Crippen LogP contribution in [0.3, 0.4) is 0 Å². The Morgan fingerprint density at radius 3 is 2.73 bits per heavy atom. The molecule has 0 bridgehead atoms. The van der Waals surface area contributed by atoms with Crippen molar-refractivity contribution in [3.05, 3.63) is 59.3 Å². The Morgan fingerprint density at radius 2 is 2.03 bits per heavy atom. The first-order chi connectivity index (χ1) is 14.4. The zero-order valence-electron chi connectivity index (χ0n) is 18.0. The normalized spacial score (nSPS) is 30.1. The van der Waals surface area contributed by atoms with Crippen molar-refractivity contribution in [1.82, 2.24) is 15.6 Å². The van der Waals surface area contributed by atoms with Crippen molar-refractivity contribution in [1.29, 1.82) is 0 Å². The summed E-state index contributed by atoms with van der Waals surface area (Å²) in [4.78, 5) is 7.50. The maximum absolute atomic E-state index is 6.77. The summed E-state index contributed by atoms with van der Waals surface area (Å²) in [5.74, 6) is 0.924. The third-order valence-corrected chi connectivity index (χ3v) is 7.48. The number of benzene rings is 1. The van der Waals surface area contributed by atoms with Crippen LogP contribution < -0.4 is 16.5 Å². The van der Waals surface area contributed by atoms with Crippen LogP contribution in [-0.2, 0) is 6.42 Å². The molecule has 2 atom stereocenters. The topological polar surface area (TPSA) is 78.0 Å². The molecule has 4 aliphatic rings. The van der Waals surface area contributed by atoms with Gasteiger partial charge in [0.2, 0.25) is 0 Å². The fourth-order valence-corrected chi connectivity index (χ4v) is 5.69. The van der Waals surface area contributed by atoms with E-state index in [1.807, 2.05) is 6.92 Å². The Morgan fingerprint density at radius 1 is 1.27 bits per heavy atom. The average Bonchev–Trinajstić information content (AvgIpc) is 3.35. The van der Waals surface area contributed by atoms with Gasteiger partial charge in [0, 0.05) is 43.4 Å². The SMILES string of the molecule is C=C(C1=C[C@](C)(N2CCC3(CC2)Cc2ccccc2C3N)N=C(C)N1)C1=NNCC1. The highest BCUT2D eigenvalue weighted by molar-refractivity contribution is 6.05. The van der Waals surface area contributed by atoms with Crippen LogP contribution in [0, 0.1) is 5.41 Å². The van der Waals surface area contributed by atoms with Gasteiger partial charge in [-0.25, -0.2) is 4.99 Å². The lowest BCUT2D eigenvalue weighted by molar-refractivity contribution is 0.0413. The Hall–Kier alpha value is -2.44. The number of amidine groups is 1. The lowest BCUT2D eigenvalue weighted by Crippen LogP contribution is -2.54. The van der Waals surface area contributed by atoms with E-state index in [0.29, 0.717) is 0 Å². The molecule has 3 aliphatic heterocycles. The smallest absolute Gasteiger partial charge is 0.133 e. The van der Waals surface area contributed by atoms with Crippen LogP contribution in [0.1, 0.15) is 50.3 Å². The number of aliphatic imine (C=N–C) groups is 1. The van der Waals surface area contributed by atoms with Gasteiger partial charge in [-0.3, -0.25) is 4.90 Å². The molecular formula is C24H32N6. The molecule has 1 aromatic rings. The Balaban J connectivity index is 1.35. The van der Waals surface area contributed by atoms with Gasteiger partial charge in [-0.2, -0.15) is 5.10 Å². The third-order valence-electron chi connectivity index (χ3n) is 7.48. The number of rotatable bonds is 3. The summed E-state index contributed by atoms with van der Waals surface area (Å²) >= 11 is 0. The Bertz CT molecular complexity index is 966. The first-order valence-electron chi connectivity index (χ1n) is 11.0. The number of nitrogens with zero attached hydrogens (tertiary/aromatic N) is 3. The molecule has 1 unspecified atom stereocenters. The van der Waals surface area contributed by atoms with Gasteiger partial charge in [0.25, 0.3) is 0 Å².